The number of carbonyl (C=O) groups excluding carboxylic acids is 1. The molecule has 0 unspecified atom stereocenters. The van der Waals surface area contributed by atoms with Gasteiger partial charge in [0.25, 0.3) is 10.0 Å². The molecular formula is C20H26N4O4S2. The Balaban J connectivity index is 2.38. The number of carbonyl (C=O) groups is 1. The summed E-state index contributed by atoms with van der Waals surface area (Å²) in [6.07, 6.45) is 0. The maximum Gasteiger partial charge on any atom is 0.333 e. The van der Waals surface area contributed by atoms with E-state index in [1.54, 1.807) is 12.1 Å². The van der Waals surface area contributed by atoms with Crippen molar-refractivity contribution in [3.63, 3.8) is 0 Å². The van der Waals surface area contributed by atoms with Crippen LogP contribution in [0.4, 0.5) is 10.5 Å². The second-order valence-electron chi connectivity index (χ2n) is 8.03. The topological polar surface area (TPSA) is 132 Å². The van der Waals surface area contributed by atoms with Gasteiger partial charge in [-0.05, 0) is 42.9 Å². The van der Waals surface area contributed by atoms with Crippen molar-refractivity contribution in [3.05, 3.63) is 39.9 Å². The number of hydrogen-bond acceptors (Lipinski definition) is 7. The van der Waals surface area contributed by atoms with Crippen molar-refractivity contribution in [2.24, 2.45) is 0 Å². The van der Waals surface area contributed by atoms with Crippen molar-refractivity contribution in [1.29, 1.82) is 5.26 Å². The van der Waals surface area contributed by atoms with Gasteiger partial charge in [0, 0.05) is 5.38 Å². The largest absolute Gasteiger partial charge is 0.384 e. The van der Waals surface area contributed by atoms with E-state index in [1.165, 1.54) is 19.2 Å². The van der Waals surface area contributed by atoms with Gasteiger partial charge in [-0.15, -0.1) is 11.3 Å². The van der Waals surface area contributed by atoms with Gasteiger partial charge in [-0.2, -0.15) is 13.7 Å². The number of sulfonamides is 1. The molecule has 0 saturated heterocycles. The molecule has 3 N–H and O–H groups in total. The maximum atomic E-state index is 12.6. The van der Waals surface area contributed by atoms with Crippen molar-refractivity contribution in [2.45, 2.75) is 63.3 Å². The van der Waals surface area contributed by atoms with E-state index in [-0.39, 0.29) is 21.9 Å². The molecule has 0 spiro atoms. The Morgan fingerprint density at radius 3 is 2.33 bits per heavy atom. The molecule has 0 aliphatic heterocycles. The first-order chi connectivity index (χ1) is 13.8. The maximum absolute atomic E-state index is 12.6. The third kappa shape index (κ3) is 5.16. The first-order valence-corrected chi connectivity index (χ1v) is 11.7. The summed E-state index contributed by atoms with van der Waals surface area (Å²) in [5.74, 6) is -0.0333. The summed E-state index contributed by atoms with van der Waals surface area (Å²) >= 11 is 0.809. The van der Waals surface area contributed by atoms with Crippen LogP contribution in [-0.2, 0) is 15.6 Å². The molecule has 0 bridgehead atoms. The molecule has 10 heteroatoms. The monoisotopic (exact) mass is 450 g/mol. The first kappa shape index (κ1) is 23.8. The van der Waals surface area contributed by atoms with E-state index in [2.05, 4.69) is 16.4 Å². The van der Waals surface area contributed by atoms with Gasteiger partial charge in [-0.3, -0.25) is 0 Å². The molecule has 0 aliphatic carbocycles. The number of aliphatic hydroxyl groups is 1. The van der Waals surface area contributed by atoms with Gasteiger partial charge in [0.05, 0.1) is 23.0 Å². The number of amides is 2. The quantitative estimate of drug-likeness (QED) is 0.609. The number of aromatic nitrogens is 1. The molecule has 0 saturated carbocycles. The first-order valence-electron chi connectivity index (χ1n) is 9.37. The average molecular weight is 451 g/mol. The highest BCUT2D eigenvalue weighted by Crippen LogP contribution is 2.35. The Morgan fingerprint density at radius 1 is 1.23 bits per heavy atom. The van der Waals surface area contributed by atoms with Crippen LogP contribution in [0.1, 0.15) is 75.8 Å². The number of rotatable bonds is 6. The van der Waals surface area contributed by atoms with Crippen LogP contribution in [-0.4, -0.2) is 24.5 Å². The van der Waals surface area contributed by atoms with Crippen molar-refractivity contribution in [2.75, 3.05) is 5.32 Å². The van der Waals surface area contributed by atoms with Crippen LogP contribution in [0.25, 0.3) is 0 Å². The molecule has 0 aliphatic rings. The Bertz CT molecular complexity index is 1090. The van der Waals surface area contributed by atoms with Gasteiger partial charge in [0.2, 0.25) is 4.34 Å². The summed E-state index contributed by atoms with van der Waals surface area (Å²) < 4.78 is 26.8. The lowest BCUT2D eigenvalue weighted by atomic mass is 9.89. The summed E-state index contributed by atoms with van der Waals surface area (Å²) in [5, 5.41) is 23.5. The Hall–Kier alpha value is -2.48. The molecule has 8 nitrogen and oxygen atoms in total. The highest BCUT2D eigenvalue weighted by Gasteiger charge is 2.27. The zero-order valence-electron chi connectivity index (χ0n) is 17.8. The average Bonchev–Trinajstić information content (AvgIpc) is 3.11. The number of benzene rings is 1. The zero-order chi connectivity index (χ0) is 22.9. The van der Waals surface area contributed by atoms with Crippen molar-refractivity contribution >= 4 is 33.1 Å². The highest BCUT2D eigenvalue weighted by molar-refractivity contribution is 7.92. The second kappa shape index (κ2) is 8.71. The number of urea groups is 1. The fourth-order valence-corrected chi connectivity index (χ4v) is 5.00. The number of nitriles is 1. The van der Waals surface area contributed by atoms with E-state index in [4.69, 9.17) is 0 Å². The van der Waals surface area contributed by atoms with Crippen LogP contribution in [0.2, 0.25) is 0 Å². The van der Waals surface area contributed by atoms with E-state index >= 15 is 0 Å². The fraction of sp³-hybridized carbons (Fsp3) is 0.450. The SMILES string of the molecule is CC(C)c1ccc(C#N)c(C(C)C)c1NC(=O)NS(=O)(=O)c1nc(C(C)(C)O)cs1. The minimum atomic E-state index is -4.23. The summed E-state index contributed by atoms with van der Waals surface area (Å²) in [6, 6.07) is 4.64. The van der Waals surface area contributed by atoms with Gasteiger partial charge in [0.15, 0.2) is 0 Å². The molecule has 1 aromatic carbocycles. The van der Waals surface area contributed by atoms with Crippen LogP contribution in [0.3, 0.4) is 0 Å². The number of nitrogens with zero attached hydrogens (tertiary/aromatic N) is 2. The van der Waals surface area contributed by atoms with E-state index in [1.807, 2.05) is 32.4 Å². The van der Waals surface area contributed by atoms with Crippen LogP contribution in [0, 0.1) is 11.3 Å². The fourth-order valence-electron chi connectivity index (χ4n) is 2.92. The van der Waals surface area contributed by atoms with Crippen molar-refractivity contribution in [3.8, 4) is 6.07 Å². The minimum absolute atomic E-state index is 0.0375. The normalized spacial score (nSPS) is 12.1. The lowest BCUT2D eigenvalue weighted by Gasteiger charge is -2.21. The van der Waals surface area contributed by atoms with Crippen LogP contribution in [0.15, 0.2) is 21.9 Å². The summed E-state index contributed by atoms with van der Waals surface area (Å²) in [4.78, 5) is 16.5. The van der Waals surface area contributed by atoms with Crippen LogP contribution >= 0.6 is 11.3 Å². The molecule has 1 heterocycles. The molecule has 0 atom stereocenters. The van der Waals surface area contributed by atoms with E-state index in [0.29, 0.717) is 16.8 Å². The molecule has 2 aromatic rings. The van der Waals surface area contributed by atoms with Gasteiger partial charge in [-0.1, -0.05) is 33.8 Å². The predicted octanol–water partition coefficient (Wildman–Crippen LogP) is 4.00. The van der Waals surface area contributed by atoms with Gasteiger partial charge < -0.3 is 10.4 Å². The van der Waals surface area contributed by atoms with Gasteiger partial charge in [0.1, 0.15) is 5.60 Å². The Labute approximate surface area is 181 Å². The number of thiazole rings is 1. The lowest BCUT2D eigenvalue weighted by Crippen LogP contribution is -2.35. The number of anilines is 1. The molecule has 2 rings (SSSR count). The van der Waals surface area contributed by atoms with Gasteiger partial charge >= 0.3 is 6.03 Å². The highest BCUT2D eigenvalue weighted by atomic mass is 32.2. The van der Waals surface area contributed by atoms with E-state index < -0.39 is 21.7 Å². The molecular weight excluding hydrogens is 424 g/mol. The van der Waals surface area contributed by atoms with Crippen LogP contribution in [0.5, 0.6) is 0 Å². The van der Waals surface area contributed by atoms with Crippen molar-refractivity contribution < 1.29 is 18.3 Å². The molecule has 0 radical (unpaired) electrons. The molecule has 162 valence electrons. The van der Waals surface area contributed by atoms with E-state index in [9.17, 15) is 23.6 Å². The standard InChI is InChI=1S/C20H26N4O4S2/c1-11(2)14-8-7-13(9-21)16(12(3)4)17(14)23-18(25)24-30(27,28)19-22-15(10-29-19)20(5,6)26/h7-8,10-12,26H,1-6H3,(H2,23,24,25). The minimum Gasteiger partial charge on any atom is -0.384 e. The Kier molecular flexibility index (Phi) is 6.91. The predicted molar refractivity (Wildman–Crippen MR) is 116 cm³/mol. The number of nitrogens with one attached hydrogen (secondary N) is 2. The molecule has 2 amide bonds. The zero-order valence-corrected chi connectivity index (χ0v) is 19.4. The molecule has 30 heavy (non-hydrogen) atoms. The van der Waals surface area contributed by atoms with Crippen LogP contribution < -0.4 is 10.0 Å². The smallest absolute Gasteiger partial charge is 0.333 e. The second-order valence-corrected chi connectivity index (χ2v) is 10.7. The van der Waals surface area contributed by atoms with Crippen molar-refractivity contribution in [1.82, 2.24) is 9.71 Å². The Morgan fingerprint density at radius 2 is 1.87 bits per heavy atom. The van der Waals surface area contributed by atoms with E-state index in [0.717, 1.165) is 16.9 Å². The lowest BCUT2D eigenvalue weighted by molar-refractivity contribution is 0.0741. The van der Waals surface area contributed by atoms with Gasteiger partial charge in [-0.25, -0.2) is 14.5 Å². The molecule has 0 fully saturated rings. The third-order valence-corrected chi connectivity index (χ3v) is 6.99. The third-order valence-electron chi connectivity index (χ3n) is 4.40. The summed E-state index contributed by atoms with van der Waals surface area (Å²) in [6.45, 7) is 10.7. The number of hydrogen-bond donors (Lipinski definition) is 3. The summed E-state index contributed by atoms with van der Waals surface area (Å²) in [7, 11) is -4.23. The summed E-state index contributed by atoms with van der Waals surface area (Å²) in [5.41, 5.74) is 1.19. The molecule has 1 aromatic heterocycles.